The van der Waals surface area contributed by atoms with E-state index in [9.17, 15) is 4.79 Å². The molecule has 0 saturated carbocycles. The zero-order valence-corrected chi connectivity index (χ0v) is 12.2. The van der Waals surface area contributed by atoms with E-state index in [4.69, 9.17) is 10.5 Å². The molecule has 1 unspecified atom stereocenters. The molecule has 1 atom stereocenters. The van der Waals surface area contributed by atoms with Crippen molar-refractivity contribution in [3.05, 3.63) is 34.3 Å². The van der Waals surface area contributed by atoms with Crippen LogP contribution in [0.15, 0.2) is 28.7 Å². The van der Waals surface area contributed by atoms with E-state index in [1.165, 1.54) is 0 Å². The first-order valence-electron chi connectivity index (χ1n) is 5.55. The lowest BCUT2D eigenvalue weighted by molar-refractivity contribution is -0.137. The highest BCUT2D eigenvalue weighted by molar-refractivity contribution is 9.10. The van der Waals surface area contributed by atoms with E-state index in [2.05, 4.69) is 15.9 Å². The van der Waals surface area contributed by atoms with Crippen molar-refractivity contribution in [2.45, 2.75) is 6.10 Å². The fourth-order valence-electron chi connectivity index (χ4n) is 1.88. The van der Waals surface area contributed by atoms with Gasteiger partial charge in [0, 0.05) is 11.0 Å². The predicted molar refractivity (Wildman–Crippen MR) is 75.7 cm³/mol. The first-order valence-corrected chi connectivity index (χ1v) is 6.35. The van der Waals surface area contributed by atoms with Gasteiger partial charge in [0.25, 0.3) is 0 Å². The molecule has 1 heterocycles. The summed E-state index contributed by atoms with van der Waals surface area (Å²) in [4.78, 5) is 13.3. The average molecular weight is 336 g/mol. The molecule has 1 fully saturated rings. The maximum atomic E-state index is 11.5. The fourth-order valence-corrected chi connectivity index (χ4v) is 2.15. The number of nitrogens with zero attached hydrogens (tertiary/aromatic N) is 1. The smallest absolute Gasteiger partial charge is 0.236 e. The van der Waals surface area contributed by atoms with Gasteiger partial charge < -0.3 is 15.4 Å². The Morgan fingerprint density at radius 1 is 1.44 bits per heavy atom. The van der Waals surface area contributed by atoms with E-state index in [0.29, 0.717) is 19.7 Å². The average Bonchev–Trinajstić information content (AvgIpc) is 2.39. The lowest BCUT2D eigenvalue weighted by Crippen LogP contribution is -2.44. The number of amides is 1. The molecule has 0 spiro atoms. The summed E-state index contributed by atoms with van der Waals surface area (Å²) >= 11 is 3.39. The van der Waals surface area contributed by atoms with E-state index >= 15 is 0 Å². The van der Waals surface area contributed by atoms with Crippen LogP contribution in [0.4, 0.5) is 0 Å². The van der Waals surface area contributed by atoms with Gasteiger partial charge in [0.1, 0.15) is 6.10 Å². The van der Waals surface area contributed by atoms with Gasteiger partial charge in [-0.05, 0) is 17.7 Å². The minimum atomic E-state index is -0.0488. The quantitative estimate of drug-likeness (QED) is 0.895. The van der Waals surface area contributed by atoms with Gasteiger partial charge in [-0.2, -0.15) is 0 Å². The van der Waals surface area contributed by atoms with Gasteiger partial charge in [0.05, 0.1) is 19.7 Å². The Hall–Kier alpha value is -0.620. The fraction of sp³-hybridized carbons (Fsp3) is 0.417. The summed E-state index contributed by atoms with van der Waals surface area (Å²) < 4.78 is 6.71. The summed E-state index contributed by atoms with van der Waals surface area (Å²) in [6.07, 6.45) is -0.0488. The number of carbonyl (C=O) groups excluding carboxylic acids is 1. The van der Waals surface area contributed by atoms with Crippen LogP contribution in [0.25, 0.3) is 0 Å². The number of rotatable bonds is 2. The molecular weight excluding hydrogens is 320 g/mol. The zero-order chi connectivity index (χ0) is 12.3. The van der Waals surface area contributed by atoms with E-state index in [1.807, 2.05) is 24.3 Å². The van der Waals surface area contributed by atoms with Crippen molar-refractivity contribution in [3.8, 4) is 0 Å². The minimum absolute atomic E-state index is 0. The second-order valence-electron chi connectivity index (χ2n) is 3.95. The number of hydrogen-bond acceptors (Lipinski definition) is 3. The maximum Gasteiger partial charge on any atom is 0.236 e. The lowest BCUT2D eigenvalue weighted by Gasteiger charge is -2.33. The molecule has 0 radical (unpaired) electrons. The molecule has 100 valence electrons. The van der Waals surface area contributed by atoms with Crippen molar-refractivity contribution in [1.29, 1.82) is 0 Å². The van der Waals surface area contributed by atoms with Crippen LogP contribution in [0, 0.1) is 0 Å². The topological polar surface area (TPSA) is 55.6 Å². The van der Waals surface area contributed by atoms with Crippen molar-refractivity contribution in [3.63, 3.8) is 0 Å². The van der Waals surface area contributed by atoms with Crippen molar-refractivity contribution < 1.29 is 9.53 Å². The SMILES string of the molecule is Cl.NCC(=O)N1CCOC(c2ccc(Br)cc2)C1. The van der Waals surface area contributed by atoms with Crippen molar-refractivity contribution in [1.82, 2.24) is 4.90 Å². The molecule has 2 N–H and O–H groups in total. The zero-order valence-electron chi connectivity index (χ0n) is 9.84. The van der Waals surface area contributed by atoms with E-state index < -0.39 is 0 Å². The number of benzene rings is 1. The third-order valence-corrected chi connectivity index (χ3v) is 3.36. The van der Waals surface area contributed by atoms with Crippen LogP contribution in [0.1, 0.15) is 11.7 Å². The van der Waals surface area contributed by atoms with E-state index in [-0.39, 0.29) is 31.0 Å². The molecule has 18 heavy (non-hydrogen) atoms. The van der Waals surface area contributed by atoms with Crippen LogP contribution in [0.3, 0.4) is 0 Å². The summed E-state index contributed by atoms with van der Waals surface area (Å²) in [7, 11) is 0. The van der Waals surface area contributed by atoms with Crippen molar-refractivity contribution in [2.75, 3.05) is 26.2 Å². The summed E-state index contributed by atoms with van der Waals surface area (Å²) in [5, 5.41) is 0. The Bertz CT molecular complexity index is 400. The highest BCUT2D eigenvalue weighted by atomic mass is 79.9. The van der Waals surface area contributed by atoms with Crippen molar-refractivity contribution >= 4 is 34.2 Å². The second kappa shape index (κ2) is 7.09. The third kappa shape index (κ3) is 3.68. The molecule has 1 aromatic carbocycles. The van der Waals surface area contributed by atoms with Gasteiger partial charge in [-0.25, -0.2) is 0 Å². The summed E-state index contributed by atoms with van der Waals surface area (Å²) in [6, 6.07) is 7.96. The lowest BCUT2D eigenvalue weighted by atomic mass is 10.1. The minimum Gasteiger partial charge on any atom is -0.370 e. The van der Waals surface area contributed by atoms with Gasteiger partial charge >= 0.3 is 0 Å². The number of morpholine rings is 1. The molecule has 0 bridgehead atoms. The molecule has 1 aromatic rings. The van der Waals surface area contributed by atoms with E-state index in [0.717, 1.165) is 10.0 Å². The van der Waals surface area contributed by atoms with Crippen LogP contribution in [-0.4, -0.2) is 37.0 Å². The van der Waals surface area contributed by atoms with Crippen LogP contribution in [0.2, 0.25) is 0 Å². The highest BCUT2D eigenvalue weighted by Crippen LogP contribution is 2.23. The van der Waals surface area contributed by atoms with Crippen molar-refractivity contribution in [2.24, 2.45) is 5.73 Å². The summed E-state index contributed by atoms with van der Waals surface area (Å²) in [6.45, 7) is 1.83. The Balaban J connectivity index is 0.00000162. The summed E-state index contributed by atoms with van der Waals surface area (Å²) in [5.74, 6) is -0.0181. The van der Waals surface area contributed by atoms with Gasteiger partial charge in [-0.1, -0.05) is 28.1 Å². The normalized spacial score (nSPS) is 19.2. The number of carbonyl (C=O) groups is 1. The summed E-state index contributed by atoms with van der Waals surface area (Å²) in [5.41, 5.74) is 6.45. The molecule has 4 nitrogen and oxygen atoms in total. The monoisotopic (exact) mass is 334 g/mol. The number of ether oxygens (including phenoxy) is 1. The predicted octanol–water partition coefficient (Wildman–Crippen LogP) is 1.73. The molecule has 1 amide bonds. The Kier molecular flexibility index (Phi) is 6.08. The van der Waals surface area contributed by atoms with Gasteiger partial charge in [0.15, 0.2) is 0 Å². The van der Waals surface area contributed by atoms with Crippen LogP contribution in [-0.2, 0) is 9.53 Å². The Morgan fingerprint density at radius 3 is 2.72 bits per heavy atom. The number of halogens is 2. The van der Waals surface area contributed by atoms with Gasteiger partial charge in [0.2, 0.25) is 5.91 Å². The molecule has 1 aliphatic rings. The molecule has 2 rings (SSSR count). The second-order valence-corrected chi connectivity index (χ2v) is 4.87. The van der Waals surface area contributed by atoms with E-state index in [1.54, 1.807) is 4.90 Å². The highest BCUT2D eigenvalue weighted by Gasteiger charge is 2.24. The van der Waals surface area contributed by atoms with Crippen LogP contribution < -0.4 is 5.73 Å². The Labute approximate surface area is 121 Å². The molecule has 0 aliphatic carbocycles. The van der Waals surface area contributed by atoms with Crippen LogP contribution >= 0.6 is 28.3 Å². The van der Waals surface area contributed by atoms with Gasteiger partial charge in [-0.3, -0.25) is 4.79 Å². The number of nitrogens with two attached hydrogens (primary N) is 1. The molecule has 1 saturated heterocycles. The molecule has 0 aromatic heterocycles. The standard InChI is InChI=1S/C12H15BrN2O2.ClH/c13-10-3-1-9(2-4-10)11-8-15(5-6-17-11)12(16)7-14;/h1-4,11H,5-8,14H2;1H. The Morgan fingerprint density at radius 2 is 2.11 bits per heavy atom. The number of hydrogen-bond donors (Lipinski definition) is 1. The van der Waals surface area contributed by atoms with Gasteiger partial charge in [-0.15, -0.1) is 12.4 Å². The maximum absolute atomic E-state index is 11.5. The molecule has 6 heteroatoms. The molecular formula is C12H16BrClN2O2. The third-order valence-electron chi connectivity index (χ3n) is 2.84. The van der Waals surface area contributed by atoms with Crippen LogP contribution in [0.5, 0.6) is 0 Å². The first-order chi connectivity index (χ1) is 8.20. The first kappa shape index (κ1) is 15.4. The largest absolute Gasteiger partial charge is 0.370 e. The molecule has 1 aliphatic heterocycles.